The third kappa shape index (κ3) is 3.24. The van der Waals surface area contributed by atoms with E-state index in [-0.39, 0.29) is 5.91 Å². The summed E-state index contributed by atoms with van der Waals surface area (Å²) in [5.41, 5.74) is 3.64. The third-order valence-corrected chi connectivity index (χ3v) is 2.89. The highest BCUT2D eigenvalue weighted by Gasteiger charge is 2.03. The standard InChI is InChI=1S/C13H10BrN3O/c14-11-6-2-1-5-10(11)9-16-17-13(18)12-7-3-4-8-15-12/h1-9H,(H,17,18). The van der Waals surface area contributed by atoms with Gasteiger partial charge in [0.05, 0.1) is 6.21 Å². The first-order valence-corrected chi connectivity index (χ1v) is 6.05. The highest BCUT2D eigenvalue weighted by molar-refractivity contribution is 9.10. The van der Waals surface area contributed by atoms with Gasteiger partial charge in [-0.15, -0.1) is 0 Å². The number of benzene rings is 1. The molecule has 0 aliphatic carbocycles. The molecule has 0 aliphatic heterocycles. The van der Waals surface area contributed by atoms with Crippen molar-refractivity contribution in [2.45, 2.75) is 0 Å². The maximum absolute atomic E-state index is 11.6. The first-order valence-electron chi connectivity index (χ1n) is 5.26. The van der Waals surface area contributed by atoms with Gasteiger partial charge in [-0.3, -0.25) is 9.78 Å². The zero-order valence-corrected chi connectivity index (χ0v) is 11.0. The molecule has 0 saturated carbocycles. The number of carbonyl (C=O) groups excluding carboxylic acids is 1. The van der Waals surface area contributed by atoms with Crippen molar-refractivity contribution in [2.24, 2.45) is 5.10 Å². The van der Waals surface area contributed by atoms with Crippen LogP contribution in [0.4, 0.5) is 0 Å². The minimum atomic E-state index is -0.334. The van der Waals surface area contributed by atoms with Crippen LogP contribution in [-0.2, 0) is 0 Å². The number of hydrogen-bond acceptors (Lipinski definition) is 3. The van der Waals surface area contributed by atoms with E-state index in [1.54, 1.807) is 30.6 Å². The summed E-state index contributed by atoms with van der Waals surface area (Å²) in [4.78, 5) is 15.5. The molecule has 2 rings (SSSR count). The smallest absolute Gasteiger partial charge is 0.266 e. The van der Waals surface area contributed by atoms with Crippen molar-refractivity contribution in [2.75, 3.05) is 0 Å². The fourth-order valence-corrected chi connectivity index (χ4v) is 1.68. The second-order valence-corrected chi connectivity index (χ2v) is 4.29. The molecule has 1 amide bonds. The van der Waals surface area contributed by atoms with Crippen LogP contribution in [0.1, 0.15) is 16.1 Å². The SMILES string of the molecule is O=C(NN=Cc1ccccc1Br)c1ccccn1. The van der Waals surface area contributed by atoms with Gasteiger partial charge in [0.25, 0.3) is 5.91 Å². The number of aromatic nitrogens is 1. The Bertz CT molecular complexity index is 569. The van der Waals surface area contributed by atoms with Crippen molar-refractivity contribution < 1.29 is 4.79 Å². The lowest BCUT2D eigenvalue weighted by Crippen LogP contribution is -2.18. The maximum atomic E-state index is 11.6. The van der Waals surface area contributed by atoms with Crippen molar-refractivity contribution in [3.05, 3.63) is 64.4 Å². The van der Waals surface area contributed by atoms with Crippen molar-refractivity contribution in [3.8, 4) is 0 Å². The molecule has 18 heavy (non-hydrogen) atoms. The van der Waals surface area contributed by atoms with Crippen molar-refractivity contribution >= 4 is 28.1 Å². The fourth-order valence-electron chi connectivity index (χ4n) is 1.29. The predicted octanol–water partition coefficient (Wildman–Crippen LogP) is 2.61. The van der Waals surface area contributed by atoms with E-state index in [4.69, 9.17) is 0 Å². The molecule has 0 bridgehead atoms. The Balaban J connectivity index is 2.00. The summed E-state index contributed by atoms with van der Waals surface area (Å²) in [6, 6.07) is 12.7. The molecule has 1 heterocycles. The Kier molecular flexibility index (Phi) is 4.20. The normalized spacial score (nSPS) is 10.5. The summed E-state index contributed by atoms with van der Waals surface area (Å²) < 4.78 is 0.917. The van der Waals surface area contributed by atoms with Crippen LogP contribution in [0.2, 0.25) is 0 Å². The van der Waals surface area contributed by atoms with E-state index in [1.165, 1.54) is 0 Å². The Morgan fingerprint density at radius 3 is 2.72 bits per heavy atom. The van der Waals surface area contributed by atoms with E-state index in [0.29, 0.717) is 5.69 Å². The summed E-state index contributed by atoms with van der Waals surface area (Å²) in [6.45, 7) is 0. The molecule has 1 N–H and O–H groups in total. The van der Waals surface area contributed by atoms with Crippen molar-refractivity contribution in [1.29, 1.82) is 0 Å². The average Bonchev–Trinajstić information content (AvgIpc) is 2.42. The fraction of sp³-hybridized carbons (Fsp3) is 0. The quantitative estimate of drug-likeness (QED) is 0.700. The number of carbonyl (C=O) groups is 1. The predicted molar refractivity (Wildman–Crippen MR) is 73.4 cm³/mol. The van der Waals surface area contributed by atoms with Crippen LogP contribution in [-0.4, -0.2) is 17.1 Å². The minimum Gasteiger partial charge on any atom is -0.266 e. The number of nitrogens with zero attached hydrogens (tertiary/aromatic N) is 2. The molecule has 0 saturated heterocycles. The zero-order chi connectivity index (χ0) is 12.8. The molecule has 0 spiro atoms. The summed E-state index contributed by atoms with van der Waals surface area (Å²) in [5, 5.41) is 3.88. The minimum absolute atomic E-state index is 0.334. The van der Waals surface area contributed by atoms with Gasteiger partial charge in [-0.25, -0.2) is 5.43 Å². The van der Waals surface area contributed by atoms with Gasteiger partial charge in [0.2, 0.25) is 0 Å². The summed E-state index contributed by atoms with van der Waals surface area (Å²) in [7, 11) is 0. The van der Waals surface area contributed by atoms with Crippen LogP contribution in [0.5, 0.6) is 0 Å². The van der Waals surface area contributed by atoms with Gasteiger partial charge in [0.15, 0.2) is 0 Å². The molecule has 1 aromatic carbocycles. The molecule has 1 aromatic heterocycles. The van der Waals surface area contributed by atoms with E-state index in [2.05, 4.69) is 31.4 Å². The average molecular weight is 304 g/mol. The molecular formula is C13H10BrN3O. The monoisotopic (exact) mass is 303 g/mol. The van der Waals surface area contributed by atoms with Crippen LogP contribution in [0.25, 0.3) is 0 Å². The second-order valence-electron chi connectivity index (χ2n) is 3.44. The first kappa shape index (κ1) is 12.4. The molecule has 0 aliphatic rings. The molecule has 90 valence electrons. The number of rotatable bonds is 3. The number of hydrazone groups is 1. The summed E-state index contributed by atoms with van der Waals surface area (Å²) >= 11 is 3.39. The summed E-state index contributed by atoms with van der Waals surface area (Å²) in [5.74, 6) is -0.334. The largest absolute Gasteiger partial charge is 0.289 e. The van der Waals surface area contributed by atoms with Crippen LogP contribution < -0.4 is 5.43 Å². The van der Waals surface area contributed by atoms with Gasteiger partial charge in [0.1, 0.15) is 5.69 Å². The molecule has 0 radical (unpaired) electrons. The van der Waals surface area contributed by atoms with Crippen LogP contribution in [0, 0.1) is 0 Å². The lowest BCUT2D eigenvalue weighted by molar-refractivity contribution is 0.0950. The van der Waals surface area contributed by atoms with E-state index in [0.717, 1.165) is 10.0 Å². The first-order chi connectivity index (χ1) is 8.77. The van der Waals surface area contributed by atoms with Crippen LogP contribution >= 0.6 is 15.9 Å². The van der Waals surface area contributed by atoms with Gasteiger partial charge in [-0.1, -0.05) is 40.2 Å². The molecule has 0 atom stereocenters. The van der Waals surface area contributed by atoms with Crippen LogP contribution in [0.15, 0.2) is 58.2 Å². The van der Waals surface area contributed by atoms with E-state index in [9.17, 15) is 4.79 Å². The van der Waals surface area contributed by atoms with Crippen LogP contribution in [0.3, 0.4) is 0 Å². The maximum Gasteiger partial charge on any atom is 0.289 e. The Morgan fingerprint density at radius 2 is 2.00 bits per heavy atom. The topological polar surface area (TPSA) is 54.4 Å². The molecular weight excluding hydrogens is 294 g/mol. The number of hydrogen-bond donors (Lipinski definition) is 1. The lowest BCUT2D eigenvalue weighted by Gasteiger charge is -1.99. The van der Waals surface area contributed by atoms with E-state index in [1.807, 2.05) is 24.3 Å². The van der Waals surface area contributed by atoms with Gasteiger partial charge in [0, 0.05) is 16.2 Å². The Hall–Kier alpha value is -2.01. The van der Waals surface area contributed by atoms with Gasteiger partial charge < -0.3 is 0 Å². The summed E-state index contributed by atoms with van der Waals surface area (Å²) in [6.07, 6.45) is 3.14. The highest BCUT2D eigenvalue weighted by atomic mass is 79.9. The van der Waals surface area contributed by atoms with Crippen molar-refractivity contribution in [3.63, 3.8) is 0 Å². The Labute approximate surface area is 113 Å². The highest BCUT2D eigenvalue weighted by Crippen LogP contribution is 2.13. The second kappa shape index (κ2) is 6.07. The molecule has 4 nitrogen and oxygen atoms in total. The number of halogens is 1. The van der Waals surface area contributed by atoms with E-state index < -0.39 is 0 Å². The van der Waals surface area contributed by atoms with E-state index >= 15 is 0 Å². The number of pyridine rings is 1. The zero-order valence-electron chi connectivity index (χ0n) is 9.38. The van der Waals surface area contributed by atoms with Crippen molar-refractivity contribution in [1.82, 2.24) is 10.4 Å². The number of amides is 1. The molecule has 0 unspecified atom stereocenters. The number of nitrogens with one attached hydrogen (secondary N) is 1. The molecule has 5 heteroatoms. The lowest BCUT2D eigenvalue weighted by atomic mass is 10.2. The van der Waals surface area contributed by atoms with Gasteiger partial charge in [-0.05, 0) is 18.2 Å². The molecule has 2 aromatic rings. The Morgan fingerprint density at radius 1 is 1.22 bits per heavy atom. The van der Waals surface area contributed by atoms with Gasteiger partial charge >= 0.3 is 0 Å². The van der Waals surface area contributed by atoms with Gasteiger partial charge in [-0.2, -0.15) is 5.10 Å². The molecule has 0 fully saturated rings. The third-order valence-electron chi connectivity index (χ3n) is 2.17.